The summed E-state index contributed by atoms with van der Waals surface area (Å²) in [5, 5.41) is 1.35. The van der Waals surface area contributed by atoms with Crippen LogP contribution in [0, 0.1) is 0 Å². The van der Waals surface area contributed by atoms with Gasteiger partial charge in [-0.2, -0.15) is 0 Å². The van der Waals surface area contributed by atoms with Gasteiger partial charge in [0.2, 0.25) is 0 Å². The van der Waals surface area contributed by atoms with E-state index in [2.05, 4.69) is 4.90 Å². The van der Waals surface area contributed by atoms with Crippen LogP contribution < -0.4 is 0 Å². The van der Waals surface area contributed by atoms with Gasteiger partial charge in [-0.25, -0.2) is 0 Å². The molecule has 16 heavy (non-hydrogen) atoms. The Morgan fingerprint density at radius 3 is 2.50 bits per heavy atom. The topological polar surface area (TPSA) is 20.3 Å². The molecule has 1 aliphatic heterocycles. The lowest BCUT2D eigenvalue weighted by molar-refractivity contribution is -0.121. The highest BCUT2D eigenvalue weighted by molar-refractivity contribution is 6.35. The summed E-state index contributed by atoms with van der Waals surface area (Å²) >= 11 is 11.9. The Labute approximate surface area is 105 Å². The van der Waals surface area contributed by atoms with E-state index in [0.29, 0.717) is 28.7 Å². The number of Topliss-reactive ketones (excluding diaryl/α,β-unsaturated/α-hetero) is 1. The highest BCUT2D eigenvalue weighted by Crippen LogP contribution is 2.23. The zero-order valence-electron chi connectivity index (χ0n) is 8.88. The van der Waals surface area contributed by atoms with E-state index >= 15 is 0 Å². The third kappa shape index (κ3) is 2.97. The van der Waals surface area contributed by atoms with Gasteiger partial charge in [-0.05, 0) is 17.7 Å². The molecule has 4 heteroatoms. The highest BCUT2D eigenvalue weighted by Gasteiger charge is 2.16. The SMILES string of the molecule is O=C1CCN(Cc2ccc(Cl)cc2Cl)CC1. The number of carbonyl (C=O) groups excluding carboxylic acids is 1. The summed E-state index contributed by atoms with van der Waals surface area (Å²) in [4.78, 5) is 13.3. The van der Waals surface area contributed by atoms with E-state index in [9.17, 15) is 4.79 Å². The van der Waals surface area contributed by atoms with E-state index < -0.39 is 0 Å². The second kappa shape index (κ2) is 5.17. The van der Waals surface area contributed by atoms with Gasteiger partial charge >= 0.3 is 0 Å². The zero-order chi connectivity index (χ0) is 11.5. The van der Waals surface area contributed by atoms with Crippen molar-refractivity contribution in [2.45, 2.75) is 19.4 Å². The number of hydrogen-bond acceptors (Lipinski definition) is 2. The summed E-state index contributed by atoms with van der Waals surface area (Å²) in [6.07, 6.45) is 1.32. The molecule has 0 aromatic heterocycles. The first-order valence-corrected chi connectivity index (χ1v) is 6.09. The Bertz CT molecular complexity index is 396. The summed E-state index contributed by atoms with van der Waals surface area (Å²) < 4.78 is 0. The maximum absolute atomic E-state index is 11.1. The Kier molecular flexibility index (Phi) is 3.85. The van der Waals surface area contributed by atoms with Crippen LogP contribution in [0.25, 0.3) is 0 Å². The highest BCUT2D eigenvalue weighted by atomic mass is 35.5. The molecule has 0 spiro atoms. The maximum Gasteiger partial charge on any atom is 0.135 e. The molecular formula is C12H13Cl2NO. The number of benzene rings is 1. The number of hydrogen-bond donors (Lipinski definition) is 0. The van der Waals surface area contributed by atoms with Crippen LogP contribution in [0.5, 0.6) is 0 Å². The predicted molar refractivity (Wildman–Crippen MR) is 66.0 cm³/mol. The molecule has 0 radical (unpaired) electrons. The van der Waals surface area contributed by atoms with Crippen LogP contribution in [0.4, 0.5) is 0 Å². The molecular weight excluding hydrogens is 245 g/mol. The van der Waals surface area contributed by atoms with E-state index in [1.807, 2.05) is 12.1 Å². The molecule has 1 aromatic rings. The maximum atomic E-state index is 11.1. The average Bonchev–Trinajstić information content (AvgIpc) is 2.25. The summed E-state index contributed by atoms with van der Waals surface area (Å²) in [6, 6.07) is 5.55. The molecule has 1 aliphatic rings. The second-order valence-corrected chi connectivity index (χ2v) is 4.89. The van der Waals surface area contributed by atoms with Gasteiger partial charge in [0.25, 0.3) is 0 Å². The van der Waals surface area contributed by atoms with Crippen molar-refractivity contribution in [3.05, 3.63) is 33.8 Å². The summed E-state index contributed by atoms with van der Waals surface area (Å²) in [7, 11) is 0. The monoisotopic (exact) mass is 257 g/mol. The van der Waals surface area contributed by atoms with Gasteiger partial charge in [0, 0.05) is 42.5 Å². The number of carbonyl (C=O) groups is 1. The minimum atomic E-state index is 0.360. The number of nitrogens with zero attached hydrogens (tertiary/aromatic N) is 1. The van der Waals surface area contributed by atoms with Gasteiger partial charge in [0.15, 0.2) is 0 Å². The van der Waals surface area contributed by atoms with Crippen molar-refractivity contribution in [3.63, 3.8) is 0 Å². The molecule has 0 aliphatic carbocycles. The number of halogens is 2. The Morgan fingerprint density at radius 1 is 1.19 bits per heavy atom. The number of rotatable bonds is 2. The molecule has 1 heterocycles. The molecule has 0 atom stereocenters. The van der Waals surface area contributed by atoms with E-state index in [-0.39, 0.29) is 0 Å². The van der Waals surface area contributed by atoms with Crippen LogP contribution in [0.2, 0.25) is 10.0 Å². The van der Waals surface area contributed by atoms with Gasteiger partial charge < -0.3 is 0 Å². The van der Waals surface area contributed by atoms with Crippen LogP contribution in [0.3, 0.4) is 0 Å². The van der Waals surface area contributed by atoms with Crippen LogP contribution >= 0.6 is 23.2 Å². The lowest BCUT2D eigenvalue weighted by Gasteiger charge is -2.26. The zero-order valence-corrected chi connectivity index (χ0v) is 10.4. The second-order valence-electron chi connectivity index (χ2n) is 4.05. The van der Waals surface area contributed by atoms with Crippen molar-refractivity contribution in [2.24, 2.45) is 0 Å². The minimum absolute atomic E-state index is 0.360. The Morgan fingerprint density at radius 2 is 1.88 bits per heavy atom. The van der Waals surface area contributed by atoms with Gasteiger partial charge in [0.05, 0.1) is 0 Å². The summed E-state index contributed by atoms with van der Waals surface area (Å²) in [6.45, 7) is 2.46. The van der Waals surface area contributed by atoms with E-state index in [1.165, 1.54) is 0 Å². The van der Waals surface area contributed by atoms with Crippen LogP contribution in [-0.2, 0) is 11.3 Å². The molecule has 0 unspecified atom stereocenters. The summed E-state index contributed by atoms with van der Waals surface area (Å²) in [5.74, 6) is 0.360. The lowest BCUT2D eigenvalue weighted by atomic mass is 10.1. The van der Waals surface area contributed by atoms with Crippen molar-refractivity contribution >= 4 is 29.0 Å². The fraction of sp³-hybridized carbons (Fsp3) is 0.417. The third-order valence-corrected chi connectivity index (χ3v) is 3.41. The molecule has 0 N–H and O–H groups in total. The summed E-state index contributed by atoms with van der Waals surface area (Å²) in [5.41, 5.74) is 1.07. The Hall–Kier alpha value is -0.570. The molecule has 1 fully saturated rings. The van der Waals surface area contributed by atoms with Gasteiger partial charge in [-0.1, -0.05) is 29.3 Å². The third-order valence-electron chi connectivity index (χ3n) is 2.82. The predicted octanol–water partition coefficient (Wildman–Crippen LogP) is 3.16. The van der Waals surface area contributed by atoms with Crippen molar-refractivity contribution in [3.8, 4) is 0 Å². The van der Waals surface area contributed by atoms with Crippen LogP contribution in [0.15, 0.2) is 18.2 Å². The fourth-order valence-corrected chi connectivity index (χ4v) is 2.32. The van der Waals surface area contributed by atoms with E-state index in [4.69, 9.17) is 23.2 Å². The molecule has 0 amide bonds. The van der Waals surface area contributed by atoms with Gasteiger partial charge in [0.1, 0.15) is 5.78 Å². The van der Waals surface area contributed by atoms with Gasteiger partial charge in [-0.15, -0.1) is 0 Å². The quantitative estimate of drug-likeness (QED) is 0.812. The molecule has 0 bridgehead atoms. The van der Waals surface area contributed by atoms with Gasteiger partial charge in [-0.3, -0.25) is 9.69 Å². The van der Waals surface area contributed by atoms with Crippen molar-refractivity contribution in [1.29, 1.82) is 0 Å². The molecule has 86 valence electrons. The van der Waals surface area contributed by atoms with Crippen LogP contribution in [0.1, 0.15) is 18.4 Å². The van der Waals surface area contributed by atoms with Crippen molar-refractivity contribution < 1.29 is 4.79 Å². The molecule has 1 aromatic carbocycles. The smallest absolute Gasteiger partial charge is 0.135 e. The normalized spacial score (nSPS) is 17.8. The Balaban J connectivity index is 2.01. The first-order valence-electron chi connectivity index (χ1n) is 5.33. The number of ketones is 1. The van der Waals surface area contributed by atoms with E-state index in [0.717, 1.165) is 25.2 Å². The first kappa shape index (κ1) is 11.9. The van der Waals surface area contributed by atoms with E-state index in [1.54, 1.807) is 6.07 Å². The van der Waals surface area contributed by atoms with Crippen LogP contribution in [-0.4, -0.2) is 23.8 Å². The molecule has 2 rings (SSSR count). The minimum Gasteiger partial charge on any atom is -0.300 e. The number of likely N-dealkylation sites (tertiary alicyclic amines) is 1. The largest absolute Gasteiger partial charge is 0.300 e. The standard InChI is InChI=1S/C12H13Cl2NO/c13-10-2-1-9(12(14)7-10)8-15-5-3-11(16)4-6-15/h1-2,7H,3-6,8H2. The molecule has 2 nitrogen and oxygen atoms in total. The first-order chi connectivity index (χ1) is 7.65. The fourth-order valence-electron chi connectivity index (χ4n) is 1.85. The van der Waals surface area contributed by atoms with Crippen molar-refractivity contribution in [1.82, 2.24) is 4.90 Å². The number of piperidine rings is 1. The average molecular weight is 258 g/mol. The molecule has 0 saturated carbocycles. The van der Waals surface area contributed by atoms with Crippen molar-refractivity contribution in [2.75, 3.05) is 13.1 Å². The lowest BCUT2D eigenvalue weighted by Crippen LogP contribution is -2.33. The molecule has 1 saturated heterocycles.